The number of carbonyl (C=O) groups excluding carboxylic acids is 1. The van der Waals surface area contributed by atoms with Gasteiger partial charge in [0, 0.05) is 18.5 Å². The van der Waals surface area contributed by atoms with Crippen LogP contribution in [0.15, 0.2) is 18.2 Å². The van der Waals surface area contributed by atoms with Gasteiger partial charge in [0.05, 0.1) is 6.61 Å². The van der Waals surface area contributed by atoms with E-state index < -0.39 is 0 Å². The van der Waals surface area contributed by atoms with Gasteiger partial charge in [-0.15, -0.1) is 0 Å². The van der Waals surface area contributed by atoms with Gasteiger partial charge in [0.25, 0.3) is 5.91 Å². The van der Waals surface area contributed by atoms with Crippen molar-refractivity contribution in [2.24, 2.45) is 0 Å². The Morgan fingerprint density at radius 2 is 2.38 bits per heavy atom. The molecule has 1 aromatic carbocycles. The van der Waals surface area contributed by atoms with E-state index in [0.29, 0.717) is 0 Å². The molecule has 0 radical (unpaired) electrons. The van der Waals surface area contributed by atoms with Crippen molar-refractivity contribution >= 4 is 5.91 Å². The third-order valence-electron chi connectivity index (χ3n) is 2.77. The lowest BCUT2D eigenvalue weighted by molar-refractivity contribution is 0.0953. The Balaban J connectivity index is 2.01. The fourth-order valence-corrected chi connectivity index (χ4v) is 1.81. The Morgan fingerprint density at radius 3 is 3.19 bits per heavy atom. The molecule has 0 saturated heterocycles. The monoisotopic (exact) mass is 219 g/mol. The number of fused-ring (bicyclic) bond motifs is 1. The Hall–Kier alpha value is -1.51. The summed E-state index contributed by atoms with van der Waals surface area (Å²) in [6.45, 7) is 3.60. The maximum atomic E-state index is 11.8. The van der Waals surface area contributed by atoms with E-state index in [1.165, 1.54) is 0 Å². The van der Waals surface area contributed by atoms with Crippen molar-refractivity contribution in [2.45, 2.75) is 26.2 Å². The first-order valence-electron chi connectivity index (χ1n) is 5.85. The molecule has 0 aliphatic carbocycles. The van der Waals surface area contributed by atoms with Gasteiger partial charge in [-0.3, -0.25) is 4.79 Å². The van der Waals surface area contributed by atoms with Crippen LogP contribution in [-0.2, 0) is 6.42 Å². The average molecular weight is 219 g/mol. The number of unbranched alkanes of at least 4 members (excludes halogenated alkanes) is 1. The van der Waals surface area contributed by atoms with Gasteiger partial charge in [0.15, 0.2) is 0 Å². The second-order valence-electron chi connectivity index (χ2n) is 4.03. The number of hydrogen-bond acceptors (Lipinski definition) is 2. The highest BCUT2D eigenvalue weighted by atomic mass is 16.5. The van der Waals surface area contributed by atoms with E-state index in [0.717, 1.165) is 49.3 Å². The number of ether oxygens (including phenoxy) is 1. The predicted molar refractivity (Wildman–Crippen MR) is 62.9 cm³/mol. The molecule has 1 aromatic rings. The number of amides is 1. The van der Waals surface area contributed by atoms with Crippen molar-refractivity contribution in [3.63, 3.8) is 0 Å². The minimum atomic E-state index is 0.0168. The van der Waals surface area contributed by atoms with Crippen LogP contribution in [0, 0.1) is 0 Å². The zero-order valence-corrected chi connectivity index (χ0v) is 9.58. The average Bonchev–Trinajstić information content (AvgIpc) is 2.76. The number of rotatable bonds is 4. The molecule has 1 amide bonds. The van der Waals surface area contributed by atoms with Crippen LogP contribution < -0.4 is 10.1 Å². The second-order valence-corrected chi connectivity index (χ2v) is 4.03. The van der Waals surface area contributed by atoms with Gasteiger partial charge in [-0.2, -0.15) is 0 Å². The van der Waals surface area contributed by atoms with Crippen molar-refractivity contribution in [3.8, 4) is 5.75 Å². The summed E-state index contributed by atoms with van der Waals surface area (Å²) in [7, 11) is 0. The predicted octanol–water partition coefficient (Wildman–Crippen LogP) is 2.15. The molecule has 1 N–H and O–H groups in total. The van der Waals surface area contributed by atoms with E-state index in [4.69, 9.17) is 4.74 Å². The fraction of sp³-hybridized carbons (Fsp3) is 0.462. The highest BCUT2D eigenvalue weighted by molar-refractivity contribution is 5.94. The van der Waals surface area contributed by atoms with Gasteiger partial charge in [0.2, 0.25) is 0 Å². The highest BCUT2D eigenvalue weighted by Gasteiger charge is 2.14. The SMILES string of the molecule is CCCCNC(=O)c1ccc2c(c1)CCO2. The van der Waals surface area contributed by atoms with E-state index in [1.807, 2.05) is 18.2 Å². The Labute approximate surface area is 95.8 Å². The molecule has 16 heavy (non-hydrogen) atoms. The van der Waals surface area contributed by atoms with E-state index in [9.17, 15) is 4.79 Å². The Kier molecular flexibility index (Phi) is 3.44. The van der Waals surface area contributed by atoms with Gasteiger partial charge in [0.1, 0.15) is 5.75 Å². The molecule has 1 heterocycles. The summed E-state index contributed by atoms with van der Waals surface area (Å²) in [5.41, 5.74) is 1.88. The third-order valence-corrected chi connectivity index (χ3v) is 2.77. The molecule has 2 rings (SSSR count). The molecule has 3 heteroatoms. The first kappa shape index (κ1) is 11.0. The van der Waals surface area contributed by atoms with Crippen LogP contribution in [0.1, 0.15) is 35.7 Å². The number of nitrogens with one attached hydrogen (secondary N) is 1. The summed E-state index contributed by atoms with van der Waals surface area (Å²) < 4.78 is 5.40. The molecule has 1 aliphatic heterocycles. The van der Waals surface area contributed by atoms with E-state index >= 15 is 0 Å². The Morgan fingerprint density at radius 1 is 1.50 bits per heavy atom. The normalized spacial score (nSPS) is 13.1. The molecule has 0 spiro atoms. The van der Waals surface area contributed by atoms with Crippen LogP contribution in [0.3, 0.4) is 0 Å². The van der Waals surface area contributed by atoms with E-state index in [1.54, 1.807) is 0 Å². The lowest BCUT2D eigenvalue weighted by Gasteiger charge is -2.05. The van der Waals surface area contributed by atoms with Gasteiger partial charge in [-0.25, -0.2) is 0 Å². The molecule has 0 saturated carbocycles. The smallest absolute Gasteiger partial charge is 0.251 e. The first-order chi connectivity index (χ1) is 7.81. The lowest BCUT2D eigenvalue weighted by Crippen LogP contribution is -2.24. The molecule has 0 bridgehead atoms. The summed E-state index contributed by atoms with van der Waals surface area (Å²) in [5.74, 6) is 0.938. The minimum Gasteiger partial charge on any atom is -0.493 e. The lowest BCUT2D eigenvalue weighted by atomic mass is 10.1. The third kappa shape index (κ3) is 2.35. The van der Waals surface area contributed by atoms with Crippen molar-refractivity contribution in [2.75, 3.05) is 13.2 Å². The molecule has 0 aromatic heterocycles. The topological polar surface area (TPSA) is 38.3 Å². The van der Waals surface area contributed by atoms with Crippen molar-refractivity contribution in [3.05, 3.63) is 29.3 Å². The van der Waals surface area contributed by atoms with Gasteiger partial charge < -0.3 is 10.1 Å². The molecular formula is C13H17NO2. The van der Waals surface area contributed by atoms with Gasteiger partial charge >= 0.3 is 0 Å². The summed E-state index contributed by atoms with van der Waals surface area (Å²) in [6.07, 6.45) is 3.03. The van der Waals surface area contributed by atoms with Gasteiger partial charge in [-0.1, -0.05) is 13.3 Å². The van der Waals surface area contributed by atoms with Crippen LogP contribution in [0.5, 0.6) is 5.75 Å². The summed E-state index contributed by atoms with van der Waals surface area (Å²) in [5, 5.41) is 2.91. The highest BCUT2D eigenvalue weighted by Crippen LogP contribution is 2.25. The van der Waals surface area contributed by atoms with Crippen LogP contribution in [0.4, 0.5) is 0 Å². The standard InChI is InChI=1S/C13H17NO2/c1-2-3-7-14-13(15)11-4-5-12-10(9-11)6-8-16-12/h4-5,9H,2-3,6-8H2,1H3,(H,14,15). The minimum absolute atomic E-state index is 0.0168. The van der Waals surface area contributed by atoms with Crippen LogP contribution in [0.25, 0.3) is 0 Å². The van der Waals surface area contributed by atoms with Crippen molar-refractivity contribution in [1.29, 1.82) is 0 Å². The maximum Gasteiger partial charge on any atom is 0.251 e. The summed E-state index contributed by atoms with van der Waals surface area (Å²) >= 11 is 0. The number of carbonyl (C=O) groups is 1. The first-order valence-corrected chi connectivity index (χ1v) is 5.85. The number of benzene rings is 1. The molecule has 86 valence electrons. The van der Waals surface area contributed by atoms with E-state index in [-0.39, 0.29) is 5.91 Å². The van der Waals surface area contributed by atoms with Crippen molar-refractivity contribution < 1.29 is 9.53 Å². The van der Waals surface area contributed by atoms with Gasteiger partial charge in [-0.05, 0) is 30.2 Å². The zero-order chi connectivity index (χ0) is 11.4. The number of hydrogen-bond donors (Lipinski definition) is 1. The largest absolute Gasteiger partial charge is 0.493 e. The zero-order valence-electron chi connectivity index (χ0n) is 9.58. The molecule has 0 atom stereocenters. The molecule has 0 unspecified atom stereocenters. The summed E-state index contributed by atoms with van der Waals surface area (Å²) in [6, 6.07) is 5.64. The Bertz CT molecular complexity index is 388. The van der Waals surface area contributed by atoms with Crippen LogP contribution in [0.2, 0.25) is 0 Å². The maximum absolute atomic E-state index is 11.8. The van der Waals surface area contributed by atoms with Crippen LogP contribution in [-0.4, -0.2) is 19.1 Å². The van der Waals surface area contributed by atoms with Crippen LogP contribution >= 0.6 is 0 Å². The van der Waals surface area contributed by atoms with Crippen molar-refractivity contribution in [1.82, 2.24) is 5.32 Å². The molecule has 0 fully saturated rings. The molecule has 1 aliphatic rings. The van der Waals surface area contributed by atoms with E-state index in [2.05, 4.69) is 12.2 Å². The second kappa shape index (κ2) is 5.01. The fourth-order valence-electron chi connectivity index (χ4n) is 1.81. The quantitative estimate of drug-likeness (QED) is 0.788. The molecule has 3 nitrogen and oxygen atoms in total. The summed E-state index contributed by atoms with van der Waals surface area (Å²) in [4.78, 5) is 11.8. The molecular weight excluding hydrogens is 202 g/mol.